The zero-order valence-corrected chi connectivity index (χ0v) is 12.5. The fourth-order valence-corrected chi connectivity index (χ4v) is 2.99. The molecule has 1 N–H and O–H groups in total. The van der Waals surface area contributed by atoms with Crippen LogP contribution in [-0.2, 0) is 14.6 Å². The highest BCUT2D eigenvalue weighted by Crippen LogP contribution is 2.25. The van der Waals surface area contributed by atoms with Crippen molar-refractivity contribution in [3.05, 3.63) is 24.3 Å². The monoisotopic (exact) mass is 334 g/mol. The average molecular weight is 334 g/mol. The highest BCUT2D eigenvalue weighted by Gasteiger charge is 2.29. The molecule has 2 rings (SSSR count). The van der Waals surface area contributed by atoms with Gasteiger partial charge in [0, 0.05) is 13.1 Å². The van der Waals surface area contributed by atoms with E-state index in [4.69, 9.17) is 4.74 Å². The molecular formula is C13H16F2N2O4S. The van der Waals surface area contributed by atoms with Crippen LogP contribution in [0, 0.1) is 0 Å². The van der Waals surface area contributed by atoms with Crippen LogP contribution in [0.2, 0.25) is 0 Å². The number of amides is 1. The number of rotatable bonds is 7. The predicted molar refractivity (Wildman–Crippen MR) is 75.7 cm³/mol. The summed E-state index contributed by atoms with van der Waals surface area (Å²) in [4.78, 5) is 12.3. The van der Waals surface area contributed by atoms with E-state index in [0.29, 0.717) is 32.7 Å². The number of carbonyl (C=O) groups excluding carboxylic acids is 1. The smallest absolute Gasteiger partial charge is 0.409 e. The van der Waals surface area contributed by atoms with E-state index in [1.165, 1.54) is 17.0 Å². The van der Waals surface area contributed by atoms with Crippen molar-refractivity contribution in [3.8, 4) is 0 Å². The summed E-state index contributed by atoms with van der Waals surface area (Å²) >= 11 is 0. The Morgan fingerprint density at radius 3 is 2.68 bits per heavy atom. The number of carbonyl (C=O) groups is 1. The van der Waals surface area contributed by atoms with Crippen molar-refractivity contribution in [1.29, 1.82) is 0 Å². The van der Waals surface area contributed by atoms with Crippen LogP contribution in [0.15, 0.2) is 29.2 Å². The lowest BCUT2D eigenvalue weighted by atomic mass is 10.3. The molecule has 122 valence electrons. The van der Waals surface area contributed by atoms with Crippen LogP contribution in [0.25, 0.3) is 0 Å². The third kappa shape index (κ3) is 3.65. The Hall–Kier alpha value is -1.90. The van der Waals surface area contributed by atoms with Crippen LogP contribution in [0.1, 0.15) is 6.42 Å². The molecule has 1 aliphatic heterocycles. The summed E-state index contributed by atoms with van der Waals surface area (Å²) in [7, 11) is -4.65. The molecule has 22 heavy (non-hydrogen) atoms. The number of hydrogen-bond acceptors (Lipinski definition) is 5. The number of ether oxygens (including phenoxy) is 1. The SMILES string of the molecule is O=C1OCCN1CCCNc1ccccc1S(=O)(=O)C(F)F. The van der Waals surface area contributed by atoms with Crippen LogP contribution in [-0.4, -0.2) is 51.4 Å². The third-order valence-corrected chi connectivity index (χ3v) is 4.63. The number of benzene rings is 1. The second-order valence-electron chi connectivity index (χ2n) is 4.68. The molecule has 0 unspecified atom stereocenters. The summed E-state index contributed by atoms with van der Waals surface area (Å²) in [5, 5.41) is 2.82. The lowest BCUT2D eigenvalue weighted by molar-refractivity contribution is 0.158. The molecule has 0 radical (unpaired) electrons. The summed E-state index contributed by atoms with van der Waals surface area (Å²) in [6.07, 6.45) is 0.165. The molecular weight excluding hydrogens is 318 g/mol. The molecule has 0 aromatic heterocycles. The Labute approximate surface area is 127 Å². The highest BCUT2D eigenvalue weighted by atomic mass is 32.2. The molecule has 1 amide bonds. The first-order valence-corrected chi connectivity index (χ1v) is 8.24. The normalized spacial score (nSPS) is 15.2. The van der Waals surface area contributed by atoms with Gasteiger partial charge in [0.1, 0.15) is 6.61 Å². The van der Waals surface area contributed by atoms with Gasteiger partial charge in [-0.15, -0.1) is 0 Å². The predicted octanol–water partition coefficient (Wildman–Crippen LogP) is 1.94. The molecule has 0 atom stereocenters. The molecule has 6 nitrogen and oxygen atoms in total. The van der Waals surface area contributed by atoms with Gasteiger partial charge >= 0.3 is 11.9 Å². The van der Waals surface area contributed by atoms with Crippen molar-refractivity contribution in [3.63, 3.8) is 0 Å². The molecule has 1 heterocycles. The van der Waals surface area contributed by atoms with E-state index >= 15 is 0 Å². The van der Waals surface area contributed by atoms with E-state index in [9.17, 15) is 22.0 Å². The van der Waals surface area contributed by atoms with Crippen molar-refractivity contribution in [2.75, 3.05) is 31.6 Å². The van der Waals surface area contributed by atoms with Crippen molar-refractivity contribution in [2.24, 2.45) is 0 Å². The zero-order chi connectivity index (χ0) is 16.2. The van der Waals surface area contributed by atoms with E-state index in [2.05, 4.69) is 5.32 Å². The number of nitrogens with zero attached hydrogens (tertiary/aromatic N) is 1. The van der Waals surface area contributed by atoms with E-state index in [1.807, 2.05) is 0 Å². The van der Waals surface area contributed by atoms with E-state index in [0.717, 1.165) is 6.07 Å². The van der Waals surface area contributed by atoms with Crippen LogP contribution >= 0.6 is 0 Å². The van der Waals surface area contributed by atoms with Crippen LogP contribution < -0.4 is 5.32 Å². The topological polar surface area (TPSA) is 75.7 Å². The fourth-order valence-electron chi connectivity index (χ4n) is 2.08. The number of anilines is 1. The highest BCUT2D eigenvalue weighted by molar-refractivity contribution is 7.91. The van der Waals surface area contributed by atoms with Gasteiger partial charge in [-0.25, -0.2) is 13.2 Å². The molecule has 9 heteroatoms. The maximum atomic E-state index is 12.6. The number of alkyl halides is 2. The van der Waals surface area contributed by atoms with Gasteiger partial charge in [0.25, 0.3) is 0 Å². The first-order valence-electron chi connectivity index (χ1n) is 6.69. The number of sulfone groups is 1. The molecule has 0 saturated carbocycles. The summed E-state index contributed by atoms with van der Waals surface area (Å²) in [5.74, 6) is -3.46. The second kappa shape index (κ2) is 6.91. The van der Waals surface area contributed by atoms with E-state index in [-0.39, 0.29) is 11.8 Å². The van der Waals surface area contributed by atoms with Crippen LogP contribution in [0.4, 0.5) is 19.3 Å². The molecule has 1 aromatic carbocycles. The van der Waals surface area contributed by atoms with Gasteiger partial charge in [-0.3, -0.25) is 0 Å². The first-order chi connectivity index (χ1) is 10.4. The number of nitrogens with one attached hydrogen (secondary N) is 1. The van der Waals surface area contributed by atoms with E-state index < -0.39 is 20.5 Å². The Morgan fingerprint density at radius 1 is 1.32 bits per heavy atom. The summed E-state index contributed by atoms with van der Waals surface area (Å²) in [5.41, 5.74) is 0.131. The molecule has 0 bridgehead atoms. The Bertz CT molecular complexity index is 637. The number of hydrogen-bond donors (Lipinski definition) is 1. The number of halogens is 2. The van der Waals surface area contributed by atoms with Gasteiger partial charge in [0.05, 0.1) is 17.1 Å². The Balaban J connectivity index is 1.95. The number of cyclic esters (lactones) is 1. The Kier molecular flexibility index (Phi) is 5.17. The van der Waals surface area contributed by atoms with Gasteiger partial charge in [0.15, 0.2) is 0 Å². The Morgan fingerprint density at radius 2 is 2.05 bits per heavy atom. The summed E-state index contributed by atoms with van der Waals surface area (Å²) in [6, 6.07) is 5.52. The minimum Gasteiger partial charge on any atom is -0.448 e. The standard InChI is InChI=1S/C13H16F2N2O4S/c14-12(15)22(19,20)11-5-2-1-4-10(11)16-6-3-7-17-8-9-21-13(17)18/h1-2,4-5,12,16H,3,6-9H2. The maximum Gasteiger partial charge on any atom is 0.409 e. The minimum absolute atomic E-state index is 0.131. The molecule has 0 spiro atoms. The van der Waals surface area contributed by atoms with Crippen LogP contribution in [0.3, 0.4) is 0 Å². The lowest BCUT2D eigenvalue weighted by Gasteiger charge is -2.14. The molecule has 1 aliphatic rings. The maximum absolute atomic E-state index is 12.6. The average Bonchev–Trinajstić information content (AvgIpc) is 2.89. The van der Waals surface area contributed by atoms with Gasteiger partial charge in [-0.2, -0.15) is 8.78 Å². The molecule has 0 aliphatic carbocycles. The quantitative estimate of drug-likeness (QED) is 0.771. The first kappa shape index (κ1) is 16.5. The van der Waals surface area contributed by atoms with Crippen molar-refractivity contribution in [1.82, 2.24) is 4.90 Å². The van der Waals surface area contributed by atoms with Crippen LogP contribution in [0.5, 0.6) is 0 Å². The van der Waals surface area contributed by atoms with Gasteiger partial charge in [0.2, 0.25) is 9.84 Å². The molecule has 1 saturated heterocycles. The third-order valence-electron chi connectivity index (χ3n) is 3.19. The minimum atomic E-state index is -4.65. The second-order valence-corrected chi connectivity index (χ2v) is 6.57. The number of para-hydroxylation sites is 1. The molecule has 1 fully saturated rings. The van der Waals surface area contributed by atoms with Gasteiger partial charge in [-0.1, -0.05) is 12.1 Å². The largest absolute Gasteiger partial charge is 0.448 e. The zero-order valence-electron chi connectivity index (χ0n) is 11.7. The van der Waals surface area contributed by atoms with Gasteiger partial charge in [-0.05, 0) is 18.6 Å². The van der Waals surface area contributed by atoms with Gasteiger partial charge < -0.3 is 15.0 Å². The van der Waals surface area contributed by atoms with Crippen molar-refractivity contribution < 1.29 is 26.7 Å². The fraction of sp³-hybridized carbons (Fsp3) is 0.462. The summed E-state index contributed by atoms with van der Waals surface area (Å²) < 4.78 is 53.2. The lowest BCUT2D eigenvalue weighted by Crippen LogP contribution is -2.26. The van der Waals surface area contributed by atoms with Crippen molar-refractivity contribution in [2.45, 2.75) is 17.1 Å². The molecule has 1 aromatic rings. The van der Waals surface area contributed by atoms with Crippen molar-refractivity contribution >= 4 is 21.6 Å². The summed E-state index contributed by atoms with van der Waals surface area (Å²) in [6.45, 7) is 1.69. The van der Waals surface area contributed by atoms with E-state index in [1.54, 1.807) is 6.07 Å².